The van der Waals surface area contributed by atoms with Gasteiger partial charge in [-0.15, -0.1) is 11.8 Å². The second-order valence-corrected chi connectivity index (χ2v) is 9.04. The van der Waals surface area contributed by atoms with Crippen molar-refractivity contribution in [3.05, 3.63) is 78.0 Å². The van der Waals surface area contributed by atoms with Crippen LogP contribution in [0.3, 0.4) is 0 Å². The van der Waals surface area contributed by atoms with Crippen molar-refractivity contribution in [3.63, 3.8) is 0 Å². The van der Waals surface area contributed by atoms with Crippen LogP contribution in [-0.4, -0.2) is 29.2 Å². The van der Waals surface area contributed by atoms with E-state index in [1.807, 2.05) is 60.7 Å². The van der Waals surface area contributed by atoms with Crippen molar-refractivity contribution < 1.29 is 9.59 Å². The van der Waals surface area contributed by atoms with Gasteiger partial charge >= 0.3 is 6.03 Å². The van der Waals surface area contributed by atoms with E-state index in [9.17, 15) is 9.59 Å². The summed E-state index contributed by atoms with van der Waals surface area (Å²) < 4.78 is 0. The van der Waals surface area contributed by atoms with Crippen LogP contribution in [0.1, 0.15) is 30.9 Å². The molecule has 32 heavy (non-hydrogen) atoms. The zero-order chi connectivity index (χ0) is 22.5. The third kappa shape index (κ3) is 5.29. The second-order valence-electron chi connectivity index (χ2n) is 7.96. The lowest BCUT2D eigenvalue weighted by Gasteiger charge is -2.28. The van der Waals surface area contributed by atoms with Gasteiger partial charge in [-0.05, 0) is 53.4 Å². The summed E-state index contributed by atoms with van der Waals surface area (Å²) in [7, 11) is 0. The van der Waals surface area contributed by atoms with E-state index in [2.05, 4.69) is 29.5 Å². The highest BCUT2D eigenvalue weighted by Crippen LogP contribution is 2.32. The minimum Gasteiger partial charge on any atom is -0.326 e. The Labute approximate surface area is 192 Å². The smallest absolute Gasteiger partial charge is 0.326 e. The lowest BCUT2D eigenvalue weighted by Crippen LogP contribution is -2.38. The van der Waals surface area contributed by atoms with Gasteiger partial charge in [0.15, 0.2) is 0 Å². The van der Waals surface area contributed by atoms with E-state index < -0.39 is 0 Å². The highest BCUT2D eigenvalue weighted by molar-refractivity contribution is 7.99. The number of rotatable bonds is 5. The molecule has 2 heterocycles. The van der Waals surface area contributed by atoms with Crippen LogP contribution in [-0.2, 0) is 11.2 Å². The summed E-state index contributed by atoms with van der Waals surface area (Å²) in [6.45, 7) is 4.91. The Morgan fingerprint density at radius 2 is 1.69 bits per heavy atom. The van der Waals surface area contributed by atoms with E-state index in [1.54, 1.807) is 22.9 Å². The Morgan fingerprint density at radius 3 is 2.41 bits per heavy atom. The maximum atomic E-state index is 12.8. The van der Waals surface area contributed by atoms with E-state index in [-0.39, 0.29) is 18.4 Å². The predicted molar refractivity (Wildman–Crippen MR) is 131 cm³/mol. The van der Waals surface area contributed by atoms with Crippen LogP contribution >= 0.6 is 11.8 Å². The number of carbonyl (C=O) groups is 2. The molecule has 0 fully saturated rings. The molecule has 0 saturated heterocycles. The van der Waals surface area contributed by atoms with Crippen LogP contribution in [0.4, 0.5) is 21.9 Å². The van der Waals surface area contributed by atoms with Crippen molar-refractivity contribution in [2.24, 2.45) is 0 Å². The Morgan fingerprint density at radius 1 is 1.00 bits per heavy atom. The number of benzene rings is 2. The van der Waals surface area contributed by atoms with Crippen molar-refractivity contribution in [1.29, 1.82) is 0 Å². The van der Waals surface area contributed by atoms with E-state index in [0.29, 0.717) is 18.2 Å². The number of thioether (sulfide) groups is 1. The first kappa shape index (κ1) is 21.9. The summed E-state index contributed by atoms with van der Waals surface area (Å²) in [5, 5.41) is 6.74. The molecule has 4 rings (SSSR count). The summed E-state index contributed by atoms with van der Waals surface area (Å²) in [5.74, 6) is 1.19. The van der Waals surface area contributed by atoms with E-state index in [0.717, 1.165) is 27.7 Å². The fourth-order valence-corrected chi connectivity index (χ4v) is 4.43. The van der Waals surface area contributed by atoms with Gasteiger partial charge in [0.1, 0.15) is 5.03 Å². The monoisotopic (exact) mass is 446 g/mol. The molecule has 7 heteroatoms. The topological polar surface area (TPSA) is 74.3 Å². The average molecular weight is 447 g/mol. The fraction of sp³-hybridized carbons (Fsp3) is 0.240. The van der Waals surface area contributed by atoms with Crippen molar-refractivity contribution in [1.82, 2.24) is 4.98 Å². The molecule has 0 bridgehead atoms. The third-order valence-electron chi connectivity index (χ3n) is 5.27. The number of anilines is 3. The predicted octanol–water partition coefficient (Wildman–Crippen LogP) is 5.53. The molecular formula is C25H26N4O2S. The van der Waals surface area contributed by atoms with E-state index in [4.69, 9.17) is 0 Å². The number of nitrogens with one attached hydrogen (secondary N) is 2. The number of fused-ring (bicyclic) bond motifs is 1. The second kappa shape index (κ2) is 9.87. The van der Waals surface area contributed by atoms with Crippen LogP contribution in [0.2, 0.25) is 0 Å². The largest absolute Gasteiger partial charge is 0.326 e. The molecule has 1 aliphatic heterocycles. The molecule has 1 aromatic heterocycles. The summed E-state index contributed by atoms with van der Waals surface area (Å²) in [5.41, 5.74) is 4.42. The van der Waals surface area contributed by atoms with Gasteiger partial charge in [0.25, 0.3) is 0 Å². The first-order chi connectivity index (χ1) is 15.5. The van der Waals surface area contributed by atoms with E-state index >= 15 is 0 Å². The summed E-state index contributed by atoms with van der Waals surface area (Å²) in [4.78, 5) is 31.2. The first-order valence-corrected chi connectivity index (χ1v) is 11.6. The molecule has 2 N–H and O–H groups in total. The number of nitrogens with zero attached hydrogens (tertiary/aromatic N) is 2. The highest BCUT2D eigenvalue weighted by atomic mass is 32.2. The van der Waals surface area contributed by atoms with Gasteiger partial charge in [0.2, 0.25) is 5.91 Å². The number of carbonyl (C=O) groups excluding carboxylic acids is 2. The molecule has 3 amide bonds. The first-order valence-electron chi connectivity index (χ1n) is 10.6. The van der Waals surface area contributed by atoms with E-state index in [1.165, 1.54) is 5.56 Å². The summed E-state index contributed by atoms with van der Waals surface area (Å²) in [6.07, 6.45) is 2.01. The lowest BCUT2D eigenvalue weighted by molar-refractivity contribution is -0.115. The maximum absolute atomic E-state index is 12.8. The molecule has 0 saturated carbocycles. The zero-order valence-electron chi connectivity index (χ0n) is 18.2. The van der Waals surface area contributed by atoms with Crippen LogP contribution in [0, 0.1) is 0 Å². The number of amides is 3. The third-order valence-corrected chi connectivity index (χ3v) is 6.25. The molecule has 6 nitrogen and oxygen atoms in total. The van der Waals surface area contributed by atoms with Crippen molar-refractivity contribution in [3.8, 4) is 0 Å². The number of hydrogen-bond acceptors (Lipinski definition) is 4. The molecule has 0 atom stereocenters. The molecule has 0 spiro atoms. The van der Waals surface area contributed by atoms with Gasteiger partial charge in [-0.1, -0.05) is 38.1 Å². The number of pyridine rings is 1. The van der Waals surface area contributed by atoms with Gasteiger partial charge < -0.3 is 10.6 Å². The van der Waals surface area contributed by atoms with Crippen LogP contribution in [0.25, 0.3) is 0 Å². The molecule has 0 radical (unpaired) electrons. The van der Waals surface area contributed by atoms with Gasteiger partial charge in [0.05, 0.1) is 12.1 Å². The molecule has 2 aromatic carbocycles. The van der Waals surface area contributed by atoms with Crippen LogP contribution in [0.15, 0.2) is 71.9 Å². The molecule has 0 aliphatic carbocycles. The normalized spacial score (nSPS) is 12.9. The Bertz CT molecular complexity index is 1100. The minimum atomic E-state index is -0.185. The Kier molecular flexibility index (Phi) is 6.75. The minimum absolute atomic E-state index is 0.0750. The highest BCUT2D eigenvalue weighted by Gasteiger charge is 2.23. The fourth-order valence-electron chi connectivity index (χ4n) is 3.50. The molecule has 0 unspecified atom stereocenters. The molecule has 3 aromatic rings. The van der Waals surface area contributed by atoms with Gasteiger partial charge in [-0.25, -0.2) is 9.78 Å². The van der Waals surface area contributed by atoms with Gasteiger partial charge in [-0.2, -0.15) is 0 Å². The van der Waals surface area contributed by atoms with Gasteiger partial charge in [0, 0.05) is 29.9 Å². The SMILES string of the molecule is CC(C)c1ccc(NC(=O)Cc2ccc(NC(=O)N3CCSc4ncccc43)cc2)cc1. The number of aromatic nitrogens is 1. The quantitative estimate of drug-likeness (QED) is 0.540. The molecule has 1 aliphatic rings. The summed E-state index contributed by atoms with van der Waals surface area (Å²) >= 11 is 1.66. The standard InChI is InChI=1S/C25H26N4O2S/c1-17(2)19-7-11-20(12-8-19)27-23(30)16-18-5-9-21(10-6-18)28-25(31)29-14-15-32-24-22(29)4-3-13-26-24/h3-13,17H,14-16H2,1-2H3,(H,27,30)(H,28,31). The van der Waals surface area contributed by atoms with Crippen LogP contribution < -0.4 is 15.5 Å². The Hall–Kier alpha value is -3.32. The van der Waals surface area contributed by atoms with Crippen LogP contribution in [0.5, 0.6) is 0 Å². The average Bonchev–Trinajstić information content (AvgIpc) is 2.80. The lowest BCUT2D eigenvalue weighted by atomic mass is 10.0. The maximum Gasteiger partial charge on any atom is 0.326 e. The van der Waals surface area contributed by atoms with Crippen molar-refractivity contribution in [2.45, 2.75) is 31.2 Å². The Balaban J connectivity index is 1.33. The number of hydrogen-bond donors (Lipinski definition) is 2. The molecular weight excluding hydrogens is 420 g/mol. The molecule has 164 valence electrons. The number of urea groups is 1. The van der Waals surface area contributed by atoms with Crippen molar-refractivity contribution in [2.75, 3.05) is 27.8 Å². The van der Waals surface area contributed by atoms with Crippen molar-refractivity contribution >= 4 is 40.8 Å². The summed E-state index contributed by atoms with van der Waals surface area (Å²) in [6, 6.07) is 18.8. The zero-order valence-corrected chi connectivity index (χ0v) is 19.0. The van der Waals surface area contributed by atoms with Gasteiger partial charge in [-0.3, -0.25) is 9.69 Å².